The Balaban J connectivity index is 1.94. The monoisotopic (exact) mass is 254 g/mol. The fourth-order valence-corrected chi connectivity index (χ4v) is 3.09. The van der Waals surface area contributed by atoms with Gasteiger partial charge in [-0.2, -0.15) is 0 Å². The van der Waals surface area contributed by atoms with Crippen molar-refractivity contribution in [1.82, 2.24) is 4.98 Å². The van der Waals surface area contributed by atoms with Crippen LogP contribution in [-0.2, 0) is 11.2 Å². The maximum absolute atomic E-state index is 10.6. The smallest absolute Gasteiger partial charge is 0.309 e. The number of carboxylic acid groups (broad SMARTS) is 1. The third-order valence-corrected chi connectivity index (χ3v) is 4.28. The first-order chi connectivity index (χ1) is 8.19. The summed E-state index contributed by atoms with van der Waals surface area (Å²) in [4.78, 5) is 17.3. The largest absolute Gasteiger partial charge is 0.481 e. The fraction of sp³-hybridized carbons (Fsp3) is 0.667. The Morgan fingerprint density at radius 1 is 1.59 bits per heavy atom. The molecular formula is C12H18N2O2S. The summed E-state index contributed by atoms with van der Waals surface area (Å²) in [5.41, 5.74) is 0.676. The molecule has 0 aliphatic carbocycles. The molecule has 0 atom stereocenters. The number of hydrogen-bond acceptors (Lipinski definition) is 4. The first-order valence-electron chi connectivity index (χ1n) is 6.10. The molecule has 1 N–H and O–H groups in total. The molecule has 0 bridgehead atoms. The van der Waals surface area contributed by atoms with Crippen molar-refractivity contribution in [3.63, 3.8) is 0 Å². The topological polar surface area (TPSA) is 53.4 Å². The van der Waals surface area contributed by atoms with Crippen LogP contribution in [0.1, 0.15) is 31.9 Å². The van der Waals surface area contributed by atoms with Gasteiger partial charge in [-0.25, -0.2) is 4.98 Å². The molecule has 1 aromatic heterocycles. The van der Waals surface area contributed by atoms with Crippen molar-refractivity contribution in [2.45, 2.75) is 32.6 Å². The second kappa shape index (κ2) is 5.49. The lowest BCUT2D eigenvalue weighted by molar-refractivity contribution is -0.136. The number of aliphatic carboxylic acids is 1. The van der Waals surface area contributed by atoms with Gasteiger partial charge in [-0.1, -0.05) is 13.3 Å². The molecule has 5 heteroatoms. The van der Waals surface area contributed by atoms with Gasteiger partial charge in [-0.05, 0) is 18.8 Å². The number of piperidine rings is 1. The summed E-state index contributed by atoms with van der Waals surface area (Å²) >= 11 is 1.56. The Morgan fingerprint density at radius 2 is 2.29 bits per heavy atom. The second-order valence-corrected chi connectivity index (χ2v) is 5.37. The summed E-state index contributed by atoms with van der Waals surface area (Å²) in [6, 6.07) is 0. The highest BCUT2D eigenvalue weighted by atomic mass is 32.1. The molecule has 0 radical (unpaired) electrons. The molecule has 0 unspecified atom stereocenters. The number of nitrogens with zero attached hydrogens (tertiary/aromatic N) is 2. The molecule has 1 aliphatic heterocycles. The van der Waals surface area contributed by atoms with Crippen molar-refractivity contribution in [2.24, 2.45) is 5.92 Å². The summed E-state index contributed by atoms with van der Waals surface area (Å²) < 4.78 is 0. The molecule has 0 amide bonds. The minimum atomic E-state index is -0.813. The van der Waals surface area contributed by atoms with Crippen molar-refractivity contribution in [2.75, 3.05) is 18.0 Å². The third-order valence-electron chi connectivity index (χ3n) is 3.33. The predicted octanol–water partition coefficient (Wildman–Crippen LogP) is 2.40. The van der Waals surface area contributed by atoms with Crippen molar-refractivity contribution in [1.29, 1.82) is 0 Å². The van der Waals surface area contributed by atoms with Gasteiger partial charge in [0, 0.05) is 18.5 Å². The number of carbonyl (C=O) groups is 1. The molecule has 94 valence electrons. The predicted molar refractivity (Wildman–Crippen MR) is 68.7 cm³/mol. The van der Waals surface area contributed by atoms with Gasteiger partial charge in [0.2, 0.25) is 0 Å². The van der Waals surface area contributed by atoms with E-state index in [9.17, 15) is 4.79 Å². The van der Waals surface area contributed by atoms with Gasteiger partial charge in [0.25, 0.3) is 0 Å². The third kappa shape index (κ3) is 3.19. The Morgan fingerprint density at radius 3 is 2.88 bits per heavy atom. The summed E-state index contributed by atoms with van der Waals surface area (Å²) in [5, 5.41) is 11.5. The number of thiazole rings is 1. The average Bonchev–Trinajstić information content (AvgIpc) is 2.77. The van der Waals surface area contributed by atoms with E-state index in [1.54, 1.807) is 11.3 Å². The van der Waals surface area contributed by atoms with Crippen molar-refractivity contribution < 1.29 is 9.90 Å². The molecule has 2 rings (SSSR count). The number of carboxylic acids is 1. The van der Waals surface area contributed by atoms with E-state index in [0.29, 0.717) is 5.69 Å². The Hall–Kier alpha value is -1.10. The Labute approximate surface area is 105 Å². The molecule has 0 aromatic carbocycles. The van der Waals surface area contributed by atoms with E-state index in [1.807, 2.05) is 5.38 Å². The van der Waals surface area contributed by atoms with Crippen molar-refractivity contribution in [3.05, 3.63) is 11.1 Å². The molecule has 1 fully saturated rings. The lowest BCUT2D eigenvalue weighted by Gasteiger charge is -2.31. The standard InChI is InChI=1S/C12H18N2O2S/c1-2-9-3-5-14(6-4-9)12-13-10(8-17-12)7-11(15)16/h8-9H,2-7H2,1H3,(H,15,16). The fourth-order valence-electron chi connectivity index (χ4n) is 2.21. The van der Waals surface area contributed by atoms with E-state index >= 15 is 0 Å². The summed E-state index contributed by atoms with van der Waals surface area (Å²) in [6.07, 6.45) is 3.74. The SMILES string of the molecule is CCC1CCN(c2nc(CC(=O)O)cs2)CC1. The maximum Gasteiger partial charge on any atom is 0.309 e. The minimum absolute atomic E-state index is 0.0297. The second-order valence-electron chi connectivity index (χ2n) is 4.53. The van der Waals surface area contributed by atoms with Gasteiger partial charge in [0.15, 0.2) is 5.13 Å². The van der Waals surface area contributed by atoms with Gasteiger partial charge < -0.3 is 10.0 Å². The number of aromatic nitrogens is 1. The lowest BCUT2D eigenvalue weighted by Crippen LogP contribution is -2.33. The van der Waals surface area contributed by atoms with Gasteiger partial charge >= 0.3 is 5.97 Å². The van der Waals surface area contributed by atoms with Gasteiger partial charge in [0.1, 0.15) is 0 Å². The lowest BCUT2D eigenvalue weighted by atomic mass is 9.95. The molecule has 0 spiro atoms. The summed E-state index contributed by atoms with van der Waals surface area (Å²) in [7, 11) is 0. The van der Waals surface area contributed by atoms with Crippen LogP contribution in [0, 0.1) is 5.92 Å². The normalized spacial score (nSPS) is 17.4. The molecule has 2 heterocycles. The first-order valence-corrected chi connectivity index (χ1v) is 6.98. The van der Waals surface area contributed by atoms with Gasteiger partial charge in [-0.15, -0.1) is 11.3 Å². The molecule has 0 saturated carbocycles. The highest BCUT2D eigenvalue weighted by Crippen LogP contribution is 2.27. The van der Waals surface area contributed by atoms with Gasteiger partial charge in [-0.3, -0.25) is 4.79 Å². The summed E-state index contributed by atoms with van der Waals surface area (Å²) in [6.45, 7) is 4.35. The first kappa shape index (κ1) is 12.4. The molecule has 1 aromatic rings. The zero-order chi connectivity index (χ0) is 12.3. The molecular weight excluding hydrogens is 236 g/mol. The maximum atomic E-state index is 10.6. The van der Waals surface area contributed by atoms with E-state index in [0.717, 1.165) is 24.1 Å². The zero-order valence-electron chi connectivity index (χ0n) is 10.1. The Bertz CT molecular complexity index is 384. The van der Waals surface area contributed by atoms with Crippen LogP contribution < -0.4 is 4.90 Å². The molecule has 1 aliphatic rings. The van der Waals surface area contributed by atoms with Crippen LogP contribution in [0.5, 0.6) is 0 Å². The summed E-state index contributed by atoms with van der Waals surface area (Å²) in [5.74, 6) is 0.0382. The number of rotatable bonds is 4. The van der Waals surface area contributed by atoms with Crippen LogP contribution in [0.3, 0.4) is 0 Å². The quantitative estimate of drug-likeness (QED) is 0.896. The van der Waals surface area contributed by atoms with Crippen molar-refractivity contribution in [3.8, 4) is 0 Å². The van der Waals surface area contributed by atoms with Crippen LogP contribution in [0.2, 0.25) is 0 Å². The van der Waals surface area contributed by atoms with E-state index in [2.05, 4.69) is 16.8 Å². The van der Waals surface area contributed by atoms with Crippen LogP contribution in [0.25, 0.3) is 0 Å². The van der Waals surface area contributed by atoms with E-state index in [4.69, 9.17) is 5.11 Å². The molecule has 17 heavy (non-hydrogen) atoms. The van der Waals surface area contributed by atoms with Crippen molar-refractivity contribution >= 4 is 22.4 Å². The van der Waals surface area contributed by atoms with E-state index in [-0.39, 0.29) is 6.42 Å². The molecule has 4 nitrogen and oxygen atoms in total. The van der Waals surface area contributed by atoms with Crippen LogP contribution in [0.4, 0.5) is 5.13 Å². The highest BCUT2D eigenvalue weighted by Gasteiger charge is 2.20. The van der Waals surface area contributed by atoms with E-state index < -0.39 is 5.97 Å². The minimum Gasteiger partial charge on any atom is -0.481 e. The van der Waals surface area contributed by atoms with E-state index in [1.165, 1.54) is 19.3 Å². The number of hydrogen-bond donors (Lipinski definition) is 1. The van der Waals surface area contributed by atoms with Crippen LogP contribution in [-0.4, -0.2) is 29.1 Å². The van der Waals surface area contributed by atoms with Crippen LogP contribution >= 0.6 is 11.3 Å². The number of anilines is 1. The van der Waals surface area contributed by atoms with Gasteiger partial charge in [0.05, 0.1) is 12.1 Å². The zero-order valence-corrected chi connectivity index (χ0v) is 10.9. The highest BCUT2D eigenvalue weighted by molar-refractivity contribution is 7.13. The molecule has 1 saturated heterocycles. The van der Waals surface area contributed by atoms with Crippen LogP contribution in [0.15, 0.2) is 5.38 Å². The average molecular weight is 254 g/mol. The Kier molecular flexibility index (Phi) is 3.99.